The van der Waals surface area contributed by atoms with E-state index in [9.17, 15) is 9.59 Å². The van der Waals surface area contributed by atoms with Crippen molar-refractivity contribution in [3.05, 3.63) is 0 Å². The largest absolute Gasteiger partial charge is 0.481 e. The lowest BCUT2D eigenvalue weighted by Gasteiger charge is -2.22. The van der Waals surface area contributed by atoms with Gasteiger partial charge >= 0.3 is 11.9 Å². The summed E-state index contributed by atoms with van der Waals surface area (Å²) in [7, 11) is 0. The smallest absolute Gasteiger partial charge is 0.355 e. The molecular weight excluding hydrogens is 188 g/mol. The maximum absolute atomic E-state index is 10.4. The highest BCUT2D eigenvalue weighted by Crippen LogP contribution is 2.22. The van der Waals surface area contributed by atoms with Gasteiger partial charge < -0.3 is 15.6 Å². The summed E-state index contributed by atoms with van der Waals surface area (Å²) in [6, 6.07) is 0. The van der Waals surface area contributed by atoms with Gasteiger partial charge in [-0.05, 0) is 0 Å². The Morgan fingerprint density at radius 1 is 1.21 bits per heavy atom. The molecule has 0 saturated carbocycles. The van der Waals surface area contributed by atoms with Gasteiger partial charge in [0.05, 0.1) is 12.1 Å². The van der Waals surface area contributed by atoms with Crippen LogP contribution in [0.25, 0.3) is 0 Å². The molecule has 0 spiro atoms. The first-order valence-corrected chi connectivity index (χ1v) is 3.81. The minimum Gasteiger partial charge on any atom is -0.481 e. The molecule has 0 aliphatic heterocycles. The lowest BCUT2D eigenvalue weighted by Crippen LogP contribution is -2.36. The Hall–Kier alpha value is -1.72. The van der Waals surface area contributed by atoms with Crippen molar-refractivity contribution in [2.24, 2.45) is 5.41 Å². The topological polar surface area (TPSA) is 122 Å². The summed E-state index contributed by atoms with van der Waals surface area (Å²) in [5.41, 5.74) is -2.48. The molecule has 14 heavy (non-hydrogen) atoms. The molecule has 0 rings (SSSR count). The van der Waals surface area contributed by atoms with Crippen molar-refractivity contribution in [3.8, 4) is 0 Å². The summed E-state index contributed by atoms with van der Waals surface area (Å²) >= 11 is 0. The minimum atomic E-state index is -1.52. The van der Waals surface area contributed by atoms with Crippen molar-refractivity contribution in [1.29, 1.82) is 10.8 Å². The third kappa shape index (κ3) is 2.96. The highest BCUT2D eigenvalue weighted by atomic mass is 16.4. The molecule has 0 saturated heterocycles. The Balaban J connectivity index is 4.75. The minimum absolute atomic E-state index is 0.374. The Morgan fingerprint density at radius 3 is 1.93 bits per heavy atom. The Bertz CT molecular complexity index is 306. The van der Waals surface area contributed by atoms with Crippen LogP contribution >= 0.6 is 0 Å². The number of carbonyl (C=O) groups is 2. The van der Waals surface area contributed by atoms with E-state index in [1.54, 1.807) is 0 Å². The second kappa shape index (κ2) is 3.99. The van der Waals surface area contributed by atoms with E-state index in [1.807, 2.05) is 0 Å². The highest BCUT2D eigenvalue weighted by Gasteiger charge is 2.32. The number of aliphatic carboxylic acids is 2. The molecule has 0 aliphatic rings. The number of hydrogen-bond donors (Lipinski definition) is 4. The van der Waals surface area contributed by atoms with Crippen LogP contribution in [0.4, 0.5) is 0 Å². The highest BCUT2D eigenvalue weighted by molar-refractivity contribution is 6.64. The first kappa shape index (κ1) is 12.3. The van der Waals surface area contributed by atoms with E-state index in [0.717, 1.165) is 0 Å². The van der Waals surface area contributed by atoms with Crippen molar-refractivity contribution < 1.29 is 19.8 Å². The molecular formula is C8H12N2O4. The Labute approximate surface area is 80.6 Å². The summed E-state index contributed by atoms with van der Waals surface area (Å²) in [5.74, 6) is -2.65. The average molecular weight is 200 g/mol. The molecule has 0 aliphatic carbocycles. The molecule has 0 amide bonds. The molecule has 0 aromatic carbocycles. The monoisotopic (exact) mass is 200 g/mol. The van der Waals surface area contributed by atoms with E-state index in [2.05, 4.69) is 0 Å². The van der Waals surface area contributed by atoms with Gasteiger partial charge in [-0.3, -0.25) is 10.2 Å². The number of hydrogen-bond acceptors (Lipinski definition) is 4. The molecule has 4 N–H and O–H groups in total. The number of carboxylic acid groups (broad SMARTS) is 2. The zero-order chi connectivity index (χ0) is 11.5. The molecule has 0 aromatic heterocycles. The fraction of sp³-hybridized carbons (Fsp3) is 0.500. The van der Waals surface area contributed by atoms with Crippen LogP contribution in [0, 0.1) is 16.2 Å². The first-order chi connectivity index (χ1) is 6.18. The standard InChI is InChI=1S/C8H12N2O4/c1-8(2,3-4(11)12)6(10)5(9)7(13)14/h9-10H,3H2,1-2H3,(H,11,12)(H,13,14). The summed E-state index contributed by atoms with van der Waals surface area (Å²) in [4.78, 5) is 20.8. The van der Waals surface area contributed by atoms with E-state index < -0.39 is 28.8 Å². The van der Waals surface area contributed by atoms with E-state index in [4.69, 9.17) is 21.0 Å². The second-order valence-electron chi connectivity index (χ2n) is 3.51. The third-order valence-electron chi connectivity index (χ3n) is 1.73. The first-order valence-electron chi connectivity index (χ1n) is 3.81. The van der Waals surface area contributed by atoms with Gasteiger partial charge in [-0.1, -0.05) is 13.8 Å². The molecule has 0 fully saturated rings. The lowest BCUT2D eigenvalue weighted by molar-refractivity contribution is -0.138. The molecule has 0 unspecified atom stereocenters. The fourth-order valence-corrected chi connectivity index (χ4v) is 0.912. The summed E-state index contributed by atoms with van der Waals surface area (Å²) < 4.78 is 0. The molecule has 0 bridgehead atoms. The van der Waals surface area contributed by atoms with E-state index in [-0.39, 0.29) is 6.42 Å². The van der Waals surface area contributed by atoms with Gasteiger partial charge in [-0.2, -0.15) is 0 Å². The van der Waals surface area contributed by atoms with Crippen LogP contribution in [0.3, 0.4) is 0 Å². The third-order valence-corrected chi connectivity index (χ3v) is 1.73. The average Bonchev–Trinajstić information content (AvgIpc) is 1.99. The zero-order valence-electron chi connectivity index (χ0n) is 7.92. The van der Waals surface area contributed by atoms with Gasteiger partial charge in [-0.25, -0.2) is 4.79 Å². The second-order valence-corrected chi connectivity index (χ2v) is 3.51. The summed E-state index contributed by atoms with van der Waals surface area (Å²) in [6.07, 6.45) is -0.374. The van der Waals surface area contributed by atoms with Crippen molar-refractivity contribution in [3.63, 3.8) is 0 Å². The zero-order valence-corrected chi connectivity index (χ0v) is 7.92. The number of nitrogens with one attached hydrogen (secondary N) is 2. The molecule has 0 atom stereocenters. The van der Waals surface area contributed by atoms with Gasteiger partial charge in [-0.15, -0.1) is 0 Å². The van der Waals surface area contributed by atoms with Crippen LogP contribution in [-0.4, -0.2) is 33.6 Å². The lowest BCUT2D eigenvalue weighted by atomic mass is 9.81. The van der Waals surface area contributed by atoms with Crippen molar-refractivity contribution in [2.75, 3.05) is 0 Å². The molecule has 0 heterocycles. The van der Waals surface area contributed by atoms with Crippen LogP contribution in [0.5, 0.6) is 0 Å². The van der Waals surface area contributed by atoms with Gasteiger partial charge in [0.1, 0.15) is 0 Å². The quantitative estimate of drug-likeness (QED) is 0.485. The van der Waals surface area contributed by atoms with Crippen molar-refractivity contribution >= 4 is 23.4 Å². The van der Waals surface area contributed by atoms with Crippen molar-refractivity contribution in [2.45, 2.75) is 20.3 Å². The molecule has 0 radical (unpaired) electrons. The van der Waals surface area contributed by atoms with Gasteiger partial charge in [0.15, 0.2) is 5.71 Å². The van der Waals surface area contributed by atoms with Gasteiger partial charge in [0.25, 0.3) is 0 Å². The van der Waals surface area contributed by atoms with E-state index >= 15 is 0 Å². The molecule has 6 nitrogen and oxygen atoms in total. The maximum atomic E-state index is 10.4. The fourth-order valence-electron chi connectivity index (χ4n) is 0.912. The maximum Gasteiger partial charge on any atom is 0.355 e. The normalized spacial score (nSPS) is 10.7. The number of carboxylic acids is 2. The van der Waals surface area contributed by atoms with Crippen LogP contribution in [-0.2, 0) is 9.59 Å². The molecule has 78 valence electrons. The predicted octanol–water partition coefficient (Wildman–Crippen LogP) is 0.611. The number of rotatable bonds is 5. The Morgan fingerprint density at radius 2 is 1.64 bits per heavy atom. The van der Waals surface area contributed by atoms with E-state index in [0.29, 0.717) is 0 Å². The molecule has 0 aromatic rings. The van der Waals surface area contributed by atoms with E-state index in [1.165, 1.54) is 13.8 Å². The van der Waals surface area contributed by atoms with Crippen LogP contribution < -0.4 is 0 Å². The SMILES string of the molecule is CC(C)(CC(=O)O)C(=N)C(=N)C(=O)O. The summed E-state index contributed by atoms with van der Waals surface area (Å²) in [6.45, 7) is 2.84. The Kier molecular flexibility index (Phi) is 3.50. The predicted molar refractivity (Wildman–Crippen MR) is 49.1 cm³/mol. The molecule has 6 heteroatoms. The summed E-state index contributed by atoms with van der Waals surface area (Å²) in [5, 5.41) is 31.3. The van der Waals surface area contributed by atoms with Crippen LogP contribution in [0.15, 0.2) is 0 Å². The van der Waals surface area contributed by atoms with Crippen molar-refractivity contribution in [1.82, 2.24) is 0 Å². The van der Waals surface area contributed by atoms with Crippen LogP contribution in [0.1, 0.15) is 20.3 Å². The van der Waals surface area contributed by atoms with Gasteiger partial charge in [0, 0.05) is 5.41 Å². The van der Waals surface area contributed by atoms with Gasteiger partial charge in [0.2, 0.25) is 0 Å². The van der Waals surface area contributed by atoms with Crippen LogP contribution in [0.2, 0.25) is 0 Å².